The van der Waals surface area contributed by atoms with Crippen molar-refractivity contribution >= 4 is 47.3 Å². The second-order valence-corrected chi connectivity index (χ2v) is 23.3. The van der Waals surface area contributed by atoms with Gasteiger partial charge in [-0.25, -0.2) is 0 Å². The smallest absolute Gasteiger partial charge is 0.279 e. The van der Waals surface area contributed by atoms with Crippen LogP contribution in [0.15, 0.2) is 24.3 Å². The van der Waals surface area contributed by atoms with E-state index < -0.39 is 115 Å². The molecule has 0 aromatic heterocycles. The molecule has 71 heavy (non-hydrogen) atoms. The number of alkyl halides is 6. The Balaban J connectivity index is 0.747. The molecule has 4 aliphatic heterocycles. The fourth-order valence-electron chi connectivity index (χ4n) is 16.4. The van der Waals surface area contributed by atoms with Gasteiger partial charge in [-0.05, 0) is 190 Å². The summed E-state index contributed by atoms with van der Waals surface area (Å²) in [6.45, 7) is 0. The summed E-state index contributed by atoms with van der Waals surface area (Å²) in [4.78, 5) is 110. The summed E-state index contributed by atoms with van der Waals surface area (Å²) in [6.07, 6.45) is 3.53. The first-order valence-corrected chi connectivity index (χ1v) is 26.7. The van der Waals surface area contributed by atoms with E-state index in [1.54, 1.807) is 0 Å². The summed E-state index contributed by atoms with van der Waals surface area (Å²) in [7, 11) is 0. The maximum atomic E-state index is 15.8. The Morgan fingerprint density at radius 3 is 0.859 bits per heavy atom. The van der Waals surface area contributed by atoms with E-state index in [0.717, 1.165) is 89.9 Å². The molecule has 6 unspecified atom stereocenters. The standard InChI is InChI=1S/C53H66F6N4O8/c54-52(55,56)51(53(57,58)59,33-9-19-39-41(27-33)49(70)62(47(39)68)37-15-5-31(6-16-37)25-29-1-11-35(12-2-29)60-43(64)21-22-44(60)65)34-10-20-40-42(28-34)50(71)63(48(40)69)38-17-7-32(8-18-38)26-30-3-13-36(14-4-30)61-45(66)23-24-46(61)67/h21-24,29-42H,1-20,25-28H2. The van der Waals surface area contributed by atoms with Crippen LogP contribution in [-0.4, -0.2) is 103 Å². The molecule has 0 aromatic rings. The molecule has 0 N–H and O–H groups in total. The van der Waals surface area contributed by atoms with Crippen LogP contribution in [0.3, 0.4) is 0 Å². The minimum atomic E-state index is -5.80. The molecule has 0 bridgehead atoms. The van der Waals surface area contributed by atoms with Gasteiger partial charge in [0.05, 0.1) is 23.7 Å². The van der Waals surface area contributed by atoms with Crippen LogP contribution >= 0.6 is 0 Å². The third kappa shape index (κ3) is 8.81. The highest BCUT2D eigenvalue weighted by Gasteiger charge is 2.78. The molecule has 8 amide bonds. The number of amides is 8. The first-order valence-electron chi connectivity index (χ1n) is 26.7. The molecule has 388 valence electrons. The summed E-state index contributed by atoms with van der Waals surface area (Å²) in [5, 5.41) is 0. The molecule has 8 fully saturated rings. The van der Waals surface area contributed by atoms with Crippen molar-refractivity contribution in [2.45, 2.75) is 191 Å². The molecule has 0 radical (unpaired) electrons. The van der Waals surface area contributed by atoms with Crippen molar-refractivity contribution in [3.63, 3.8) is 0 Å². The largest absolute Gasteiger partial charge is 0.403 e. The van der Waals surface area contributed by atoms with Gasteiger partial charge in [-0.2, -0.15) is 26.3 Å². The van der Waals surface area contributed by atoms with Crippen molar-refractivity contribution in [1.29, 1.82) is 0 Å². The molecule has 4 heterocycles. The number of carbonyl (C=O) groups excluding carboxylic acids is 8. The quantitative estimate of drug-likeness (QED) is 0.156. The predicted molar refractivity (Wildman–Crippen MR) is 241 cm³/mol. The molecule has 12 nitrogen and oxygen atoms in total. The van der Waals surface area contributed by atoms with E-state index >= 15 is 26.3 Å². The lowest BCUT2D eigenvalue weighted by molar-refractivity contribution is -0.383. The van der Waals surface area contributed by atoms with Crippen LogP contribution in [-0.2, 0) is 38.4 Å². The zero-order chi connectivity index (χ0) is 50.3. The molecule has 6 aliphatic carbocycles. The lowest BCUT2D eigenvalue weighted by Gasteiger charge is -2.52. The highest BCUT2D eigenvalue weighted by atomic mass is 19.4. The maximum absolute atomic E-state index is 15.8. The summed E-state index contributed by atoms with van der Waals surface area (Å²) < 4.78 is 94.5. The number of imide groups is 4. The highest BCUT2D eigenvalue weighted by Crippen LogP contribution is 2.67. The van der Waals surface area contributed by atoms with E-state index in [1.165, 1.54) is 43.9 Å². The zero-order valence-electron chi connectivity index (χ0n) is 40.2. The third-order valence-electron chi connectivity index (χ3n) is 19.9. The van der Waals surface area contributed by atoms with Gasteiger partial charge in [0.25, 0.3) is 23.6 Å². The van der Waals surface area contributed by atoms with E-state index in [2.05, 4.69) is 0 Å². The summed E-state index contributed by atoms with van der Waals surface area (Å²) >= 11 is 0. The minimum Gasteiger partial charge on any atom is -0.279 e. The molecule has 6 atom stereocenters. The lowest BCUT2D eigenvalue weighted by Crippen LogP contribution is -2.61. The molecule has 0 spiro atoms. The first kappa shape index (κ1) is 50.2. The second kappa shape index (κ2) is 19.1. The van der Waals surface area contributed by atoms with Crippen LogP contribution in [0.5, 0.6) is 0 Å². The van der Waals surface area contributed by atoms with Crippen LogP contribution in [0.2, 0.25) is 0 Å². The molecule has 2 saturated heterocycles. The molecule has 0 aromatic carbocycles. The predicted octanol–water partition coefficient (Wildman–Crippen LogP) is 8.77. The number of hydrogen-bond donors (Lipinski definition) is 0. The third-order valence-corrected chi connectivity index (χ3v) is 19.9. The number of nitrogens with zero attached hydrogens (tertiary/aromatic N) is 4. The van der Waals surface area contributed by atoms with Gasteiger partial charge in [-0.1, -0.05) is 0 Å². The molecular weight excluding hydrogens is 935 g/mol. The van der Waals surface area contributed by atoms with E-state index in [9.17, 15) is 38.4 Å². The molecule has 6 saturated carbocycles. The van der Waals surface area contributed by atoms with Gasteiger partial charge in [0.2, 0.25) is 23.6 Å². The first-order chi connectivity index (χ1) is 33.8. The highest BCUT2D eigenvalue weighted by molar-refractivity contribution is 6.14. The molecule has 10 aliphatic rings. The van der Waals surface area contributed by atoms with Crippen molar-refractivity contribution in [2.24, 2.45) is 64.6 Å². The Bertz CT molecular complexity index is 2040. The normalized spacial score (nSPS) is 38.6. The lowest BCUT2D eigenvalue weighted by atomic mass is 9.54. The molecule has 18 heteroatoms. The Labute approximate surface area is 410 Å². The Morgan fingerprint density at radius 1 is 0.338 bits per heavy atom. The van der Waals surface area contributed by atoms with Crippen molar-refractivity contribution in [3.8, 4) is 0 Å². The van der Waals surface area contributed by atoms with E-state index in [4.69, 9.17) is 0 Å². The average molecular weight is 1000 g/mol. The maximum Gasteiger partial charge on any atom is 0.403 e. The van der Waals surface area contributed by atoms with Gasteiger partial charge in [0.1, 0.15) is 0 Å². The van der Waals surface area contributed by atoms with E-state index in [-0.39, 0.29) is 48.6 Å². The monoisotopic (exact) mass is 1000 g/mol. The van der Waals surface area contributed by atoms with Crippen molar-refractivity contribution < 1.29 is 64.7 Å². The van der Waals surface area contributed by atoms with Crippen LogP contribution in [0.25, 0.3) is 0 Å². The Kier molecular flexibility index (Phi) is 13.5. The van der Waals surface area contributed by atoms with Crippen LogP contribution < -0.4 is 0 Å². The van der Waals surface area contributed by atoms with Gasteiger partial charge in [0, 0.05) is 48.5 Å². The summed E-state index contributed by atoms with van der Waals surface area (Å²) in [6, 6.07) is -1.20. The van der Waals surface area contributed by atoms with Gasteiger partial charge in [-0.3, -0.25) is 58.0 Å². The number of hydrogen-bond acceptors (Lipinski definition) is 8. The number of fused-ring (bicyclic) bond motifs is 2. The summed E-state index contributed by atoms with van der Waals surface area (Å²) in [5.74, 6) is -10.8. The van der Waals surface area contributed by atoms with Gasteiger partial charge < -0.3 is 0 Å². The number of halogens is 6. The Morgan fingerprint density at radius 2 is 0.592 bits per heavy atom. The van der Waals surface area contributed by atoms with Crippen LogP contribution in [0.1, 0.15) is 154 Å². The van der Waals surface area contributed by atoms with Crippen LogP contribution in [0, 0.1) is 64.6 Å². The van der Waals surface area contributed by atoms with Gasteiger partial charge >= 0.3 is 12.4 Å². The molecule has 10 rings (SSSR count). The van der Waals surface area contributed by atoms with Gasteiger partial charge in [-0.15, -0.1) is 0 Å². The van der Waals surface area contributed by atoms with Crippen molar-refractivity contribution in [2.75, 3.05) is 0 Å². The van der Waals surface area contributed by atoms with Gasteiger partial charge in [0.15, 0.2) is 5.41 Å². The number of rotatable bonds is 10. The van der Waals surface area contributed by atoms with E-state index in [0.29, 0.717) is 49.4 Å². The van der Waals surface area contributed by atoms with E-state index in [1.807, 2.05) is 0 Å². The topological polar surface area (TPSA) is 150 Å². The SMILES string of the molecule is O=C1C=CC(=O)N1C1CCC(CC2CCC(N3C(=O)C4CCC(C(C5CCC6C(=O)N(C7CCC(CC8CCC(N9C(=O)C=CC9=O)CC8)CC7)C(=O)C6C5)(C(F)(F)F)C(F)(F)F)CC4C3=O)CC2)CC1. The van der Waals surface area contributed by atoms with Crippen molar-refractivity contribution in [3.05, 3.63) is 24.3 Å². The summed E-state index contributed by atoms with van der Waals surface area (Å²) in [5.41, 5.74) is -4.25. The second-order valence-electron chi connectivity index (χ2n) is 23.3. The number of likely N-dealkylation sites (tertiary alicyclic amines) is 2. The number of carbonyl (C=O) groups is 8. The average Bonchev–Trinajstić information content (AvgIpc) is 4.01. The fourth-order valence-corrected chi connectivity index (χ4v) is 16.4. The minimum absolute atomic E-state index is 0.118. The zero-order valence-corrected chi connectivity index (χ0v) is 40.2. The fraction of sp³-hybridized carbons (Fsp3) is 0.774. The molecular formula is C53H66F6N4O8. The Hall–Kier alpha value is -4.38. The van der Waals surface area contributed by atoms with Crippen molar-refractivity contribution in [1.82, 2.24) is 19.6 Å². The van der Waals surface area contributed by atoms with Crippen LogP contribution in [0.4, 0.5) is 26.3 Å².